The van der Waals surface area contributed by atoms with E-state index >= 15 is 0 Å². The first-order chi connectivity index (χ1) is 15.5. The molecule has 0 spiro atoms. The summed E-state index contributed by atoms with van der Waals surface area (Å²) in [6, 6.07) is 25.3. The van der Waals surface area contributed by atoms with Crippen LogP contribution in [0.3, 0.4) is 0 Å². The zero-order valence-electron chi connectivity index (χ0n) is 17.5. The van der Waals surface area contributed by atoms with Crippen molar-refractivity contribution < 1.29 is 13.9 Å². The number of para-hydroxylation sites is 1. The average Bonchev–Trinajstić information content (AvgIpc) is 3.26. The maximum Gasteiger partial charge on any atom is 0.264 e. The molecule has 1 heterocycles. The monoisotopic (exact) mass is 446 g/mol. The topological polar surface area (TPSA) is 101 Å². The molecule has 3 N–H and O–H groups in total. The first kappa shape index (κ1) is 21.6. The minimum Gasteiger partial charge on any atom is -0.394 e. The molecule has 0 aliphatic carbocycles. The highest BCUT2D eigenvalue weighted by Crippen LogP contribution is 2.48. The number of nitrogens with two attached hydrogens (primary N) is 1. The lowest BCUT2D eigenvalue weighted by atomic mass is 10.1. The van der Waals surface area contributed by atoms with Crippen molar-refractivity contribution in [3.8, 4) is 0 Å². The second-order valence-electron chi connectivity index (χ2n) is 7.19. The maximum absolute atomic E-state index is 13.4. The molecule has 1 unspecified atom stereocenters. The number of nitrogens with one attached hydrogen (secondary N) is 1. The molecule has 0 bridgehead atoms. The normalized spacial score (nSPS) is 12.8. The lowest BCUT2D eigenvalue weighted by Gasteiger charge is -2.21. The van der Waals surface area contributed by atoms with Gasteiger partial charge in [0.1, 0.15) is 0 Å². The Hall–Kier alpha value is -3.67. The van der Waals surface area contributed by atoms with Gasteiger partial charge in [-0.25, -0.2) is 0 Å². The summed E-state index contributed by atoms with van der Waals surface area (Å²) in [4.78, 5) is 14.9. The van der Waals surface area contributed by atoms with E-state index < -0.39 is 7.37 Å². The van der Waals surface area contributed by atoms with Gasteiger partial charge in [0.2, 0.25) is 7.37 Å². The third kappa shape index (κ3) is 4.35. The van der Waals surface area contributed by atoms with Crippen molar-refractivity contribution >= 4 is 35.8 Å². The van der Waals surface area contributed by atoms with E-state index in [0.717, 1.165) is 5.56 Å². The van der Waals surface area contributed by atoms with Crippen LogP contribution in [0.15, 0.2) is 91.1 Å². The van der Waals surface area contributed by atoms with Crippen molar-refractivity contribution in [3.63, 3.8) is 0 Å². The smallest absolute Gasteiger partial charge is 0.264 e. The fourth-order valence-corrected chi connectivity index (χ4v) is 5.26. The number of nitrogen functional groups attached to an aromatic ring is 1. The zero-order chi connectivity index (χ0) is 22.6. The van der Waals surface area contributed by atoms with Crippen LogP contribution in [-0.4, -0.2) is 23.2 Å². The van der Waals surface area contributed by atoms with Crippen molar-refractivity contribution in [2.45, 2.75) is 6.16 Å². The van der Waals surface area contributed by atoms with Crippen molar-refractivity contribution in [2.75, 3.05) is 17.7 Å². The molecular formula is C24H23N4O3P. The number of carbonyl (C=O) groups excluding carboxylic acids is 1. The molecule has 0 radical (unpaired) electrons. The van der Waals surface area contributed by atoms with Crippen molar-refractivity contribution in [2.24, 2.45) is 0 Å². The first-order valence-corrected chi connectivity index (χ1v) is 11.8. The summed E-state index contributed by atoms with van der Waals surface area (Å²) in [7, 11) is -1.60. The van der Waals surface area contributed by atoms with E-state index in [1.807, 2.05) is 48.5 Å². The predicted octanol–water partition coefficient (Wildman–Crippen LogP) is 4.72. The Morgan fingerprint density at radius 1 is 1.00 bits per heavy atom. The number of aromatic amines is 1. The van der Waals surface area contributed by atoms with Gasteiger partial charge in [-0.1, -0.05) is 48.5 Å². The molecule has 0 aliphatic heterocycles. The van der Waals surface area contributed by atoms with Crippen molar-refractivity contribution in [1.82, 2.24) is 10.2 Å². The van der Waals surface area contributed by atoms with Gasteiger partial charge < -0.3 is 10.3 Å². The van der Waals surface area contributed by atoms with E-state index in [-0.39, 0.29) is 12.1 Å². The number of benzene rings is 3. The molecule has 0 saturated heterocycles. The fourth-order valence-electron chi connectivity index (χ4n) is 3.42. The highest BCUT2D eigenvalue weighted by molar-refractivity contribution is 7.66. The lowest BCUT2D eigenvalue weighted by molar-refractivity contribution is 0.0998. The molecule has 7 nitrogen and oxygen atoms in total. The Bertz CT molecular complexity index is 1240. The number of H-pyrrole nitrogens is 1. The van der Waals surface area contributed by atoms with Crippen LogP contribution in [0.4, 0.5) is 17.2 Å². The molecule has 1 amide bonds. The van der Waals surface area contributed by atoms with Gasteiger partial charge in [0, 0.05) is 24.2 Å². The standard InChI is InChI=1S/C24H23N4O3P/c1-31-32(30,21-10-6-3-7-11-21)17-18-12-14-19(15-13-18)24(29)28(20-8-4-2-5-9-20)23-22(25)16-26-27-23/h2-16H,17,25H2,1H3,(H,26,27). The molecule has 1 atom stereocenters. The summed E-state index contributed by atoms with van der Waals surface area (Å²) < 4.78 is 18.8. The second-order valence-corrected chi connectivity index (χ2v) is 9.73. The van der Waals surface area contributed by atoms with E-state index in [1.54, 1.807) is 36.4 Å². The van der Waals surface area contributed by atoms with Crippen LogP contribution in [0.25, 0.3) is 0 Å². The number of carbonyl (C=O) groups is 1. The first-order valence-electron chi connectivity index (χ1n) is 10.00. The molecule has 0 saturated carbocycles. The van der Waals surface area contributed by atoms with E-state index in [2.05, 4.69) is 10.2 Å². The Morgan fingerprint density at radius 2 is 1.62 bits per heavy atom. The third-order valence-corrected chi connectivity index (χ3v) is 7.57. The highest BCUT2D eigenvalue weighted by atomic mass is 31.2. The molecule has 162 valence electrons. The van der Waals surface area contributed by atoms with Crippen molar-refractivity contribution in [1.29, 1.82) is 0 Å². The lowest BCUT2D eigenvalue weighted by Crippen LogP contribution is -2.27. The molecule has 0 fully saturated rings. The van der Waals surface area contributed by atoms with Gasteiger partial charge in [-0.05, 0) is 42.0 Å². The number of anilines is 3. The molecular weight excluding hydrogens is 423 g/mol. The van der Waals surface area contributed by atoms with Crippen LogP contribution in [-0.2, 0) is 15.3 Å². The van der Waals surface area contributed by atoms with Crippen LogP contribution in [0.2, 0.25) is 0 Å². The van der Waals surface area contributed by atoms with E-state index in [0.29, 0.717) is 28.1 Å². The molecule has 8 heteroatoms. The Morgan fingerprint density at radius 3 is 2.19 bits per heavy atom. The van der Waals surface area contributed by atoms with Crippen LogP contribution in [0.5, 0.6) is 0 Å². The van der Waals surface area contributed by atoms with Crippen LogP contribution in [0, 0.1) is 0 Å². The number of rotatable bonds is 7. The summed E-state index contributed by atoms with van der Waals surface area (Å²) in [5.41, 5.74) is 8.29. The van der Waals surface area contributed by atoms with Gasteiger partial charge in [-0.15, -0.1) is 0 Å². The van der Waals surface area contributed by atoms with Gasteiger partial charge in [-0.3, -0.25) is 19.4 Å². The van der Waals surface area contributed by atoms with Crippen LogP contribution < -0.4 is 15.9 Å². The SMILES string of the molecule is COP(=O)(Cc1ccc(C(=O)N(c2ccccc2)c2n[nH]cc2N)cc1)c1ccccc1. The van der Waals surface area contributed by atoms with E-state index in [9.17, 15) is 9.36 Å². The van der Waals surface area contributed by atoms with Crippen LogP contribution in [0.1, 0.15) is 15.9 Å². The summed E-state index contributed by atoms with van der Waals surface area (Å²) in [5, 5.41) is 7.51. The highest BCUT2D eigenvalue weighted by Gasteiger charge is 2.26. The molecule has 32 heavy (non-hydrogen) atoms. The van der Waals surface area contributed by atoms with Gasteiger partial charge in [0.15, 0.2) is 5.82 Å². The fraction of sp³-hybridized carbons (Fsp3) is 0.0833. The summed E-state index contributed by atoms with van der Waals surface area (Å²) >= 11 is 0. The summed E-state index contributed by atoms with van der Waals surface area (Å²) in [6.45, 7) is 0. The number of hydrogen-bond acceptors (Lipinski definition) is 5. The molecule has 3 aromatic carbocycles. The van der Waals surface area contributed by atoms with E-state index in [4.69, 9.17) is 10.3 Å². The number of hydrogen-bond donors (Lipinski definition) is 2. The molecule has 1 aromatic heterocycles. The predicted molar refractivity (Wildman–Crippen MR) is 127 cm³/mol. The Labute approximate surface area is 186 Å². The molecule has 4 aromatic rings. The quantitative estimate of drug-likeness (QED) is 0.400. The van der Waals surface area contributed by atoms with Gasteiger partial charge >= 0.3 is 0 Å². The molecule has 4 rings (SSSR count). The third-order valence-electron chi connectivity index (χ3n) is 5.11. The maximum atomic E-state index is 13.4. The van der Waals surface area contributed by atoms with Gasteiger partial charge in [0.05, 0.1) is 17.5 Å². The van der Waals surface area contributed by atoms with Crippen molar-refractivity contribution in [3.05, 3.63) is 102 Å². The largest absolute Gasteiger partial charge is 0.394 e. The number of aromatic nitrogens is 2. The second kappa shape index (κ2) is 9.22. The van der Waals surface area contributed by atoms with Crippen LogP contribution >= 0.6 is 7.37 Å². The average molecular weight is 446 g/mol. The molecule has 0 aliphatic rings. The zero-order valence-corrected chi connectivity index (χ0v) is 18.4. The minimum atomic E-state index is -3.05. The number of nitrogens with zero attached hydrogens (tertiary/aromatic N) is 2. The van der Waals surface area contributed by atoms with E-state index in [1.165, 1.54) is 18.2 Å². The summed E-state index contributed by atoms with van der Waals surface area (Å²) in [6.07, 6.45) is 1.77. The Kier molecular flexibility index (Phi) is 6.21. The summed E-state index contributed by atoms with van der Waals surface area (Å²) in [5.74, 6) is 0.0535. The minimum absolute atomic E-state index is 0.233. The van der Waals surface area contributed by atoms with Gasteiger partial charge in [0.25, 0.3) is 5.91 Å². The van der Waals surface area contributed by atoms with Gasteiger partial charge in [-0.2, -0.15) is 5.10 Å². The number of amides is 1. The Balaban J connectivity index is 1.62.